The Morgan fingerprint density at radius 2 is 1.43 bits per heavy atom. The van der Waals surface area contributed by atoms with Crippen LogP contribution in [0.2, 0.25) is 0 Å². The molecule has 0 unspecified atom stereocenters. The first-order valence-electron chi connectivity index (χ1n) is 1.53. The number of hydrogen-bond acceptors (Lipinski definition) is 2. The number of rotatable bonds is 1. The SMILES string of the molecule is C=C.C=C[SH](=O)=O. The van der Waals surface area contributed by atoms with E-state index in [0.717, 1.165) is 5.41 Å². The van der Waals surface area contributed by atoms with Crippen molar-refractivity contribution in [3.8, 4) is 0 Å². The van der Waals surface area contributed by atoms with Crippen LogP contribution in [0.4, 0.5) is 0 Å². The van der Waals surface area contributed by atoms with Crippen molar-refractivity contribution in [2.75, 3.05) is 0 Å². The lowest BCUT2D eigenvalue weighted by Crippen LogP contribution is -1.54. The van der Waals surface area contributed by atoms with Crippen LogP contribution in [0.1, 0.15) is 0 Å². The van der Waals surface area contributed by atoms with E-state index in [-0.39, 0.29) is 0 Å². The predicted octanol–water partition coefficient (Wildman–Crippen LogP) is 0.544. The monoisotopic (exact) mass is 120 g/mol. The Morgan fingerprint density at radius 1 is 1.29 bits per heavy atom. The summed E-state index contributed by atoms with van der Waals surface area (Å²) in [5.41, 5.74) is 0. The molecule has 0 saturated carbocycles. The Kier molecular flexibility index (Phi) is 12.5. The lowest BCUT2D eigenvalue weighted by Gasteiger charge is -1.49. The topological polar surface area (TPSA) is 34.1 Å². The molecule has 42 valence electrons. The maximum Gasteiger partial charge on any atom is 0.160 e. The minimum absolute atomic E-state index is 0.870. The quantitative estimate of drug-likeness (QED) is 0.405. The molecule has 0 aromatic rings. The second-order valence-corrected chi connectivity index (χ2v) is 1.40. The zero-order valence-corrected chi connectivity index (χ0v) is 4.86. The first-order valence-corrected chi connectivity index (χ1v) is 2.78. The van der Waals surface area contributed by atoms with E-state index in [9.17, 15) is 8.42 Å². The summed E-state index contributed by atoms with van der Waals surface area (Å²) in [5, 5.41) is 0.870. The van der Waals surface area contributed by atoms with Crippen molar-refractivity contribution in [3.05, 3.63) is 25.1 Å². The largest absolute Gasteiger partial charge is 0.227 e. The lowest BCUT2D eigenvalue weighted by atomic mass is 11.3. The average Bonchev–Trinajstić information content (AvgIpc) is 1.73. The van der Waals surface area contributed by atoms with E-state index in [1.165, 1.54) is 0 Å². The molecule has 0 heterocycles. The molecular weight excluding hydrogens is 112 g/mol. The Bertz CT molecular complexity index is 96.3. The molecule has 3 heteroatoms. The summed E-state index contributed by atoms with van der Waals surface area (Å²) in [7, 11) is -2.33. The highest BCUT2D eigenvalue weighted by Crippen LogP contribution is 1.53. The van der Waals surface area contributed by atoms with Gasteiger partial charge in [-0.15, -0.1) is 13.2 Å². The Morgan fingerprint density at radius 3 is 1.43 bits per heavy atom. The Hall–Kier alpha value is -0.570. The fourth-order valence-corrected chi connectivity index (χ4v) is 0. The lowest BCUT2D eigenvalue weighted by molar-refractivity contribution is 0.622. The van der Waals surface area contributed by atoms with E-state index in [4.69, 9.17) is 0 Å². The van der Waals surface area contributed by atoms with Gasteiger partial charge >= 0.3 is 0 Å². The maximum atomic E-state index is 9.29. The van der Waals surface area contributed by atoms with Gasteiger partial charge in [0.2, 0.25) is 0 Å². The minimum atomic E-state index is -2.33. The van der Waals surface area contributed by atoms with E-state index < -0.39 is 10.7 Å². The highest BCUT2D eigenvalue weighted by molar-refractivity contribution is 7.75. The van der Waals surface area contributed by atoms with E-state index >= 15 is 0 Å². The van der Waals surface area contributed by atoms with Gasteiger partial charge < -0.3 is 0 Å². The third kappa shape index (κ3) is 31.2. The smallest absolute Gasteiger partial charge is 0.160 e. The van der Waals surface area contributed by atoms with Crippen LogP contribution in [0, 0.1) is 0 Å². The van der Waals surface area contributed by atoms with Crippen LogP contribution in [-0.2, 0) is 10.7 Å². The van der Waals surface area contributed by atoms with Crippen molar-refractivity contribution in [1.82, 2.24) is 0 Å². The molecule has 0 radical (unpaired) electrons. The first kappa shape index (κ1) is 9.66. The van der Waals surface area contributed by atoms with Crippen molar-refractivity contribution in [3.63, 3.8) is 0 Å². The van der Waals surface area contributed by atoms with Crippen LogP contribution in [-0.4, -0.2) is 8.42 Å². The fourth-order valence-electron chi connectivity index (χ4n) is 0. The molecule has 7 heavy (non-hydrogen) atoms. The van der Waals surface area contributed by atoms with Crippen LogP contribution < -0.4 is 0 Å². The average molecular weight is 120 g/mol. The van der Waals surface area contributed by atoms with Crippen molar-refractivity contribution < 1.29 is 8.42 Å². The summed E-state index contributed by atoms with van der Waals surface area (Å²) in [5.74, 6) is 0. The van der Waals surface area contributed by atoms with Gasteiger partial charge in [-0.25, -0.2) is 8.42 Å². The molecule has 0 rings (SSSR count). The molecule has 0 aromatic heterocycles. The van der Waals surface area contributed by atoms with Gasteiger partial charge in [0.1, 0.15) is 0 Å². The van der Waals surface area contributed by atoms with Gasteiger partial charge in [-0.3, -0.25) is 0 Å². The molecule has 0 aromatic carbocycles. The van der Waals surface area contributed by atoms with Gasteiger partial charge in [0.15, 0.2) is 10.7 Å². The molecule has 0 aliphatic carbocycles. The molecule has 0 fully saturated rings. The normalized spacial score (nSPS) is 6.43. The fraction of sp³-hybridized carbons (Fsp3) is 0. The second kappa shape index (κ2) is 9.06. The molecule has 0 spiro atoms. The standard InChI is InChI=1S/C2H4O2S.C2H4/c1-2-5(3)4;1-2/h2,5H,1H2;1-2H2. The van der Waals surface area contributed by atoms with Crippen molar-refractivity contribution >= 4 is 10.7 Å². The van der Waals surface area contributed by atoms with E-state index in [1.54, 1.807) is 0 Å². The molecule has 0 saturated heterocycles. The number of thiol groups is 1. The second-order valence-electron chi connectivity index (χ2n) is 0.468. The summed E-state index contributed by atoms with van der Waals surface area (Å²) < 4.78 is 18.6. The third-order valence-electron chi connectivity index (χ3n) is 0.149. The van der Waals surface area contributed by atoms with Gasteiger partial charge in [0.25, 0.3) is 0 Å². The molecule has 0 aliphatic heterocycles. The maximum absolute atomic E-state index is 9.29. The highest BCUT2D eigenvalue weighted by atomic mass is 32.2. The molecule has 0 amide bonds. The van der Waals surface area contributed by atoms with E-state index in [0.29, 0.717) is 0 Å². The summed E-state index contributed by atoms with van der Waals surface area (Å²) in [4.78, 5) is 0. The summed E-state index contributed by atoms with van der Waals surface area (Å²) in [6.07, 6.45) is 0. The zero-order chi connectivity index (χ0) is 6.28. The first-order chi connectivity index (χ1) is 3.27. The molecule has 0 bridgehead atoms. The van der Waals surface area contributed by atoms with Gasteiger partial charge in [-0.05, 0) is 0 Å². The molecule has 0 aliphatic rings. The Labute approximate surface area is 45.1 Å². The molecular formula is C4H8O2S. The van der Waals surface area contributed by atoms with Crippen LogP contribution in [0.15, 0.2) is 25.1 Å². The van der Waals surface area contributed by atoms with E-state index in [1.807, 2.05) is 0 Å². The molecule has 2 nitrogen and oxygen atoms in total. The van der Waals surface area contributed by atoms with Crippen LogP contribution in [0.3, 0.4) is 0 Å². The summed E-state index contributed by atoms with van der Waals surface area (Å²) in [6.45, 7) is 8.96. The van der Waals surface area contributed by atoms with E-state index in [2.05, 4.69) is 19.7 Å². The van der Waals surface area contributed by atoms with Crippen LogP contribution >= 0.6 is 0 Å². The minimum Gasteiger partial charge on any atom is -0.227 e. The summed E-state index contributed by atoms with van der Waals surface area (Å²) >= 11 is 0. The van der Waals surface area contributed by atoms with Crippen molar-refractivity contribution in [1.29, 1.82) is 0 Å². The van der Waals surface area contributed by atoms with Crippen molar-refractivity contribution in [2.45, 2.75) is 0 Å². The highest BCUT2D eigenvalue weighted by Gasteiger charge is 1.55. The third-order valence-corrected chi connectivity index (χ3v) is 0.447. The van der Waals surface area contributed by atoms with Crippen LogP contribution in [0.5, 0.6) is 0 Å². The van der Waals surface area contributed by atoms with Gasteiger partial charge in [-0.1, -0.05) is 6.58 Å². The summed E-state index contributed by atoms with van der Waals surface area (Å²) in [6, 6.07) is 0. The van der Waals surface area contributed by atoms with Gasteiger partial charge in [0, 0.05) is 5.41 Å². The van der Waals surface area contributed by atoms with Gasteiger partial charge in [-0.2, -0.15) is 0 Å². The molecule has 0 N–H and O–H groups in total. The zero-order valence-electron chi connectivity index (χ0n) is 3.96. The predicted molar refractivity (Wildman–Crippen MR) is 31.8 cm³/mol. The number of hydrogen-bond donors (Lipinski definition) is 1. The van der Waals surface area contributed by atoms with Gasteiger partial charge in [0.05, 0.1) is 0 Å². The Balaban J connectivity index is 0. The van der Waals surface area contributed by atoms with Crippen molar-refractivity contribution in [2.24, 2.45) is 0 Å². The molecule has 0 atom stereocenters. The van der Waals surface area contributed by atoms with Crippen LogP contribution in [0.25, 0.3) is 0 Å².